The van der Waals surface area contributed by atoms with Crippen molar-refractivity contribution in [3.05, 3.63) is 55.0 Å². The van der Waals surface area contributed by atoms with Crippen molar-refractivity contribution in [2.24, 2.45) is 0 Å². The maximum Gasteiger partial charge on any atom is 0.330 e. The topological polar surface area (TPSA) is 83.4 Å². The second-order valence-electron chi connectivity index (χ2n) is 9.30. The lowest BCUT2D eigenvalue weighted by Crippen LogP contribution is -2.40. The molecule has 0 aliphatic carbocycles. The molecule has 8 nitrogen and oxygen atoms in total. The number of hydrogen-bond acceptors (Lipinski definition) is 5. The molecular weight excluding hydrogens is 454 g/mol. The molecule has 0 unspecified atom stereocenters. The minimum atomic E-state index is -2.38. The first kappa shape index (κ1) is 24.5. The standard InChI is InChI=1S/C19H17N5O2.C6H11F2N/c1-4-12-9-13-7-8-23(16(13)21-10-12)14-5-6-15(20-11-14)24-17(25)19(2,3)22-18(24)26;1-9-4-2-6(7,8)3-5-9/h4-11H,1H2,2-3H3,(H,22,26);2-5H2,1H3. The smallest absolute Gasteiger partial charge is 0.323 e. The summed E-state index contributed by atoms with van der Waals surface area (Å²) in [7, 11) is 1.87. The number of imide groups is 1. The van der Waals surface area contributed by atoms with E-state index in [0.717, 1.165) is 27.2 Å². The Labute approximate surface area is 202 Å². The van der Waals surface area contributed by atoms with Gasteiger partial charge < -0.3 is 10.2 Å². The Balaban J connectivity index is 0.000000271. The largest absolute Gasteiger partial charge is 0.330 e. The molecule has 2 saturated heterocycles. The Hall–Kier alpha value is -3.66. The molecule has 3 aromatic heterocycles. The highest BCUT2D eigenvalue weighted by Crippen LogP contribution is 2.27. The van der Waals surface area contributed by atoms with Gasteiger partial charge in [0.2, 0.25) is 0 Å². The van der Waals surface area contributed by atoms with Gasteiger partial charge in [-0.25, -0.2) is 28.4 Å². The molecule has 2 aliphatic heterocycles. The number of fused-ring (bicyclic) bond motifs is 1. The van der Waals surface area contributed by atoms with Crippen LogP contribution in [0.25, 0.3) is 22.8 Å². The number of nitrogens with zero attached hydrogens (tertiary/aromatic N) is 5. The van der Waals surface area contributed by atoms with E-state index in [-0.39, 0.29) is 18.7 Å². The summed E-state index contributed by atoms with van der Waals surface area (Å²) in [5, 5.41) is 3.63. The third-order valence-corrected chi connectivity index (χ3v) is 6.10. The number of likely N-dealkylation sites (tertiary alicyclic amines) is 1. The summed E-state index contributed by atoms with van der Waals surface area (Å²) < 4.78 is 26.6. The summed E-state index contributed by atoms with van der Waals surface area (Å²) in [6.45, 7) is 8.15. The van der Waals surface area contributed by atoms with Gasteiger partial charge in [0.25, 0.3) is 11.8 Å². The number of alkyl halides is 2. The van der Waals surface area contributed by atoms with Gasteiger partial charge in [-0.2, -0.15) is 0 Å². The number of anilines is 1. The minimum absolute atomic E-state index is 0.0312. The number of nitrogens with one attached hydrogen (secondary N) is 1. The van der Waals surface area contributed by atoms with Crippen LogP contribution in [0, 0.1) is 0 Å². The van der Waals surface area contributed by atoms with E-state index >= 15 is 0 Å². The second kappa shape index (κ2) is 9.18. The average Bonchev–Trinajstić information content (AvgIpc) is 3.33. The molecule has 0 atom stereocenters. The molecule has 2 aliphatic rings. The predicted molar refractivity (Wildman–Crippen MR) is 131 cm³/mol. The molecule has 3 amide bonds. The zero-order valence-electron chi connectivity index (χ0n) is 20.0. The molecule has 5 rings (SSSR count). The van der Waals surface area contributed by atoms with Crippen LogP contribution in [-0.2, 0) is 4.79 Å². The number of hydrogen-bond donors (Lipinski definition) is 1. The number of carbonyl (C=O) groups excluding carboxylic acids is 2. The van der Waals surface area contributed by atoms with Gasteiger partial charge in [0.1, 0.15) is 17.0 Å². The molecule has 35 heavy (non-hydrogen) atoms. The highest BCUT2D eigenvalue weighted by Gasteiger charge is 2.45. The van der Waals surface area contributed by atoms with Crippen LogP contribution in [-0.4, -0.2) is 63.0 Å². The third-order valence-electron chi connectivity index (χ3n) is 6.10. The third kappa shape index (κ3) is 5.07. The van der Waals surface area contributed by atoms with Crippen molar-refractivity contribution in [1.29, 1.82) is 0 Å². The van der Waals surface area contributed by atoms with Gasteiger partial charge in [-0.05, 0) is 50.7 Å². The van der Waals surface area contributed by atoms with E-state index in [1.807, 2.05) is 34.8 Å². The fraction of sp³-hybridized carbons (Fsp3) is 0.360. The molecule has 0 saturated carbocycles. The number of piperidine rings is 1. The van der Waals surface area contributed by atoms with Crippen LogP contribution >= 0.6 is 0 Å². The lowest BCUT2D eigenvalue weighted by molar-refractivity contribution is -0.121. The number of pyridine rings is 2. The van der Waals surface area contributed by atoms with E-state index in [4.69, 9.17) is 0 Å². The lowest BCUT2D eigenvalue weighted by atomic mass is 10.1. The monoisotopic (exact) mass is 482 g/mol. The molecule has 0 spiro atoms. The molecule has 5 heterocycles. The van der Waals surface area contributed by atoms with Crippen molar-refractivity contribution in [2.75, 3.05) is 25.0 Å². The maximum absolute atomic E-state index is 12.4. The van der Waals surface area contributed by atoms with Crippen LogP contribution in [0.3, 0.4) is 0 Å². The molecule has 10 heteroatoms. The van der Waals surface area contributed by atoms with Crippen LogP contribution in [0.5, 0.6) is 0 Å². The zero-order valence-corrected chi connectivity index (χ0v) is 20.0. The van der Waals surface area contributed by atoms with Crippen molar-refractivity contribution in [1.82, 2.24) is 24.8 Å². The van der Waals surface area contributed by atoms with Crippen LogP contribution in [0.15, 0.2) is 49.4 Å². The second-order valence-corrected chi connectivity index (χ2v) is 9.30. The summed E-state index contributed by atoms with van der Waals surface area (Å²) in [5.74, 6) is -2.42. The minimum Gasteiger partial charge on any atom is -0.323 e. The molecule has 0 radical (unpaired) electrons. The Morgan fingerprint density at radius 3 is 2.34 bits per heavy atom. The average molecular weight is 483 g/mol. The highest BCUT2D eigenvalue weighted by molar-refractivity contribution is 6.22. The van der Waals surface area contributed by atoms with Crippen molar-refractivity contribution < 1.29 is 18.4 Å². The first-order valence-corrected chi connectivity index (χ1v) is 11.3. The Morgan fingerprint density at radius 1 is 1.09 bits per heavy atom. The Morgan fingerprint density at radius 2 is 1.80 bits per heavy atom. The molecule has 0 aromatic carbocycles. The van der Waals surface area contributed by atoms with Crippen LogP contribution in [0.1, 0.15) is 32.3 Å². The number of halogens is 2. The summed E-state index contributed by atoms with van der Waals surface area (Å²) >= 11 is 0. The summed E-state index contributed by atoms with van der Waals surface area (Å²) in [6, 6.07) is 6.95. The quantitative estimate of drug-likeness (QED) is 0.565. The summed E-state index contributed by atoms with van der Waals surface area (Å²) in [4.78, 5) is 36.2. The van der Waals surface area contributed by atoms with Gasteiger partial charge in [0.15, 0.2) is 0 Å². The molecule has 3 aromatic rings. The molecule has 1 N–H and O–H groups in total. The number of rotatable bonds is 3. The predicted octanol–water partition coefficient (Wildman–Crippen LogP) is 4.25. The van der Waals surface area contributed by atoms with Crippen LogP contribution in [0.4, 0.5) is 19.4 Å². The van der Waals surface area contributed by atoms with E-state index in [1.54, 1.807) is 44.4 Å². The fourth-order valence-corrected chi connectivity index (χ4v) is 3.92. The zero-order chi connectivity index (χ0) is 25.4. The van der Waals surface area contributed by atoms with E-state index in [9.17, 15) is 18.4 Å². The van der Waals surface area contributed by atoms with E-state index in [1.165, 1.54) is 0 Å². The van der Waals surface area contributed by atoms with Gasteiger partial charge in [-0.3, -0.25) is 9.36 Å². The Bertz CT molecular complexity index is 1260. The first-order chi connectivity index (χ1) is 16.5. The van der Waals surface area contributed by atoms with E-state index in [2.05, 4.69) is 21.9 Å². The Kier molecular flexibility index (Phi) is 6.42. The number of carbonyl (C=O) groups is 2. The van der Waals surface area contributed by atoms with Crippen molar-refractivity contribution >= 4 is 34.9 Å². The summed E-state index contributed by atoms with van der Waals surface area (Å²) in [6.07, 6.45) is 7.08. The maximum atomic E-state index is 12.4. The van der Waals surface area contributed by atoms with Crippen molar-refractivity contribution in [3.8, 4) is 5.69 Å². The van der Waals surface area contributed by atoms with Gasteiger partial charge >= 0.3 is 6.03 Å². The normalized spacial score (nSPS) is 19.3. The van der Waals surface area contributed by atoms with Gasteiger partial charge in [-0.1, -0.05) is 12.7 Å². The van der Waals surface area contributed by atoms with Gasteiger partial charge in [0.05, 0.1) is 11.9 Å². The molecule has 2 fully saturated rings. The van der Waals surface area contributed by atoms with Crippen molar-refractivity contribution in [2.45, 2.75) is 38.2 Å². The lowest BCUT2D eigenvalue weighted by Gasteiger charge is -2.28. The highest BCUT2D eigenvalue weighted by atomic mass is 19.3. The fourth-order valence-electron chi connectivity index (χ4n) is 3.92. The molecule has 0 bridgehead atoms. The number of urea groups is 1. The molecular formula is C25H28F2N6O2. The van der Waals surface area contributed by atoms with Crippen LogP contribution in [0.2, 0.25) is 0 Å². The summed E-state index contributed by atoms with van der Waals surface area (Å²) in [5.41, 5.74) is 1.60. The SMILES string of the molecule is C=Cc1cnc2c(ccn2-c2ccc(N3C(=O)NC(C)(C)C3=O)nc2)c1.CN1CCC(F)(F)CC1. The van der Waals surface area contributed by atoms with Crippen LogP contribution < -0.4 is 10.2 Å². The van der Waals surface area contributed by atoms with Gasteiger partial charge in [-0.15, -0.1) is 0 Å². The van der Waals surface area contributed by atoms with Crippen molar-refractivity contribution in [3.63, 3.8) is 0 Å². The number of aromatic nitrogens is 3. The first-order valence-electron chi connectivity index (χ1n) is 11.3. The van der Waals surface area contributed by atoms with E-state index < -0.39 is 17.5 Å². The molecule has 184 valence electrons. The van der Waals surface area contributed by atoms with E-state index in [0.29, 0.717) is 18.9 Å². The number of amides is 3. The van der Waals surface area contributed by atoms with Gasteiger partial charge in [0, 0.05) is 43.7 Å².